The topological polar surface area (TPSA) is 47.9 Å². The maximum Gasteiger partial charge on any atom is 0.500 e. The molecular formula is C10H25ClO4Si. The Morgan fingerprint density at radius 3 is 1.56 bits per heavy atom. The normalized spacial score (nSPS) is 10.9. The van der Waals surface area contributed by atoms with Gasteiger partial charge in [0.25, 0.3) is 0 Å². The van der Waals surface area contributed by atoms with E-state index < -0.39 is 8.80 Å². The lowest BCUT2D eigenvalue weighted by molar-refractivity contribution is 0.0712. The van der Waals surface area contributed by atoms with E-state index in [4.69, 9.17) is 30.0 Å². The van der Waals surface area contributed by atoms with E-state index in [9.17, 15) is 0 Å². The van der Waals surface area contributed by atoms with Crippen molar-refractivity contribution in [3.63, 3.8) is 0 Å². The monoisotopic (exact) mass is 272 g/mol. The molecule has 100 valence electrons. The third-order valence-corrected chi connectivity index (χ3v) is 5.13. The van der Waals surface area contributed by atoms with E-state index in [1.165, 1.54) is 0 Å². The van der Waals surface area contributed by atoms with E-state index >= 15 is 0 Å². The van der Waals surface area contributed by atoms with Crippen molar-refractivity contribution < 1.29 is 18.4 Å². The number of hydrogen-bond acceptors (Lipinski definition) is 4. The second kappa shape index (κ2) is 13.4. The third-order valence-electron chi connectivity index (χ3n) is 1.71. The average molecular weight is 273 g/mol. The van der Waals surface area contributed by atoms with Crippen LogP contribution in [0.4, 0.5) is 0 Å². The molecule has 0 fully saturated rings. The number of alkyl halides is 1. The van der Waals surface area contributed by atoms with Gasteiger partial charge in [-0.3, -0.25) is 0 Å². The Morgan fingerprint density at radius 2 is 1.31 bits per heavy atom. The fourth-order valence-electron chi connectivity index (χ4n) is 1.28. The summed E-state index contributed by atoms with van der Waals surface area (Å²) in [6.45, 7) is 7.78. The molecule has 0 unspecified atom stereocenters. The summed E-state index contributed by atoms with van der Waals surface area (Å²) in [5.41, 5.74) is 0. The summed E-state index contributed by atoms with van der Waals surface area (Å²) < 4.78 is 16.9. The molecule has 16 heavy (non-hydrogen) atoms. The van der Waals surface area contributed by atoms with Crippen molar-refractivity contribution >= 4 is 20.4 Å². The van der Waals surface area contributed by atoms with Gasteiger partial charge in [-0.1, -0.05) is 0 Å². The summed E-state index contributed by atoms with van der Waals surface area (Å²) in [7, 11) is -1.40. The molecule has 0 aliphatic rings. The summed E-state index contributed by atoms with van der Waals surface area (Å²) in [6, 6.07) is 0.812. The number of rotatable bonds is 9. The van der Waals surface area contributed by atoms with E-state index in [-0.39, 0.29) is 0 Å². The molecule has 0 saturated carbocycles. The highest BCUT2D eigenvalue weighted by Crippen LogP contribution is 2.18. The summed E-state index contributed by atoms with van der Waals surface area (Å²) in [5, 5.41) is 7.00. The number of aliphatic hydroxyl groups excluding tert-OH is 1. The van der Waals surface area contributed by atoms with Crippen molar-refractivity contribution in [3.05, 3.63) is 0 Å². The van der Waals surface area contributed by atoms with Gasteiger partial charge in [-0.2, -0.15) is 0 Å². The lowest BCUT2D eigenvalue weighted by atomic mass is 10.6. The smallest absolute Gasteiger partial charge is 0.400 e. The summed E-state index contributed by atoms with van der Waals surface area (Å²) in [5.74, 6) is 0.627. The lowest BCUT2D eigenvalue weighted by Gasteiger charge is -2.28. The van der Waals surface area contributed by atoms with Crippen LogP contribution in [0.1, 0.15) is 27.2 Å². The van der Waals surface area contributed by atoms with Crippen LogP contribution in [0.25, 0.3) is 0 Å². The van der Waals surface area contributed by atoms with Crippen LogP contribution >= 0.6 is 11.6 Å². The maximum absolute atomic E-state index is 7.00. The van der Waals surface area contributed by atoms with Crippen LogP contribution in [0.2, 0.25) is 6.04 Å². The molecule has 6 heteroatoms. The Balaban J connectivity index is 0. The number of halogens is 1. The van der Waals surface area contributed by atoms with Gasteiger partial charge in [-0.05, 0) is 27.2 Å². The van der Waals surface area contributed by atoms with Crippen molar-refractivity contribution in [2.45, 2.75) is 33.2 Å². The molecule has 4 nitrogen and oxygen atoms in total. The minimum absolute atomic E-state index is 0.627. The second-order valence-electron chi connectivity index (χ2n) is 2.77. The highest BCUT2D eigenvalue weighted by atomic mass is 35.5. The van der Waals surface area contributed by atoms with E-state index in [1.54, 1.807) is 0 Å². The molecule has 0 aliphatic carbocycles. The van der Waals surface area contributed by atoms with E-state index in [2.05, 4.69) is 0 Å². The van der Waals surface area contributed by atoms with Gasteiger partial charge in [0.2, 0.25) is 0 Å². The Labute approximate surface area is 105 Å². The van der Waals surface area contributed by atoms with Gasteiger partial charge in [0.15, 0.2) is 0 Å². The average Bonchev–Trinajstić information content (AvgIpc) is 2.30. The first kappa shape index (κ1) is 18.7. The predicted molar refractivity (Wildman–Crippen MR) is 68.9 cm³/mol. The second-order valence-corrected chi connectivity index (χ2v) is 5.88. The Morgan fingerprint density at radius 1 is 0.938 bits per heavy atom. The van der Waals surface area contributed by atoms with E-state index in [0.29, 0.717) is 25.7 Å². The summed E-state index contributed by atoms with van der Waals surface area (Å²) in [4.78, 5) is 0. The molecule has 0 aromatic heterocycles. The van der Waals surface area contributed by atoms with Gasteiger partial charge in [0.1, 0.15) is 0 Å². The van der Waals surface area contributed by atoms with Crippen molar-refractivity contribution in [1.82, 2.24) is 0 Å². The van der Waals surface area contributed by atoms with Gasteiger partial charge >= 0.3 is 8.80 Å². The van der Waals surface area contributed by atoms with Crippen LogP contribution in [0.15, 0.2) is 0 Å². The Hall–Kier alpha value is 0.347. The first-order valence-electron chi connectivity index (χ1n) is 5.67. The highest BCUT2D eigenvalue weighted by molar-refractivity contribution is 6.60. The van der Waals surface area contributed by atoms with Gasteiger partial charge in [-0.15, -0.1) is 11.6 Å². The lowest BCUT2D eigenvalue weighted by Crippen LogP contribution is -2.46. The van der Waals surface area contributed by atoms with E-state index in [0.717, 1.165) is 19.6 Å². The maximum atomic E-state index is 7.00. The third kappa shape index (κ3) is 8.49. The molecule has 0 rings (SSSR count). The van der Waals surface area contributed by atoms with Crippen LogP contribution < -0.4 is 0 Å². The van der Waals surface area contributed by atoms with Crippen LogP contribution in [0.3, 0.4) is 0 Å². The van der Waals surface area contributed by atoms with Gasteiger partial charge in [0, 0.05) is 38.9 Å². The van der Waals surface area contributed by atoms with Gasteiger partial charge < -0.3 is 18.4 Å². The van der Waals surface area contributed by atoms with Crippen molar-refractivity contribution in [2.24, 2.45) is 0 Å². The molecule has 0 aromatic carbocycles. The zero-order chi connectivity index (χ0) is 12.9. The van der Waals surface area contributed by atoms with Crippen LogP contribution in [-0.4, -0.2) is 46.7 Å². The fraction of sp³-hybridized carbons (Fsp3) is 1.00. The van der Waals surface area contributed by atoms with Crippen LogP contribution in [0, 0.1) is 0 Å². The number of hydrogen-bond donors (Lipinski definition) is 1. The zero-order valence-electron chi connectivity index (χ0n) is 10.8. The Bertz CT molecular complexity index is 121. The van der Waals surface area contributed by atoms with E-state index in [1.807, 2.05) is 20.8 Å². The molecule has 0 atom stereocenters. The molecule has 0 spiro atoms. The largest absolute Gasteiger partial charge is 0.500 e. The molecule has 0 amide bonds. The predicted octanol–water partition coefficient (Wildman–Crippen LogP) is 2.27. The molecule has 0 saturated heterocycles. The molecule has 0 radical (unpaired) electrons. The van der Waals surface area contributed by atoms with Crippen molar-refractivity contribution in [1.29, 1.82) is 0 Å². The molecule has 0 aliphatic heterocycles. The summed E-state index contributed by atoms with van der Waals surface area (Å²) >= 11 is 5.66. The zero-order valence-corrected chi connectivity index (χ0v) is 12.5. The highest BCUT2D eigenvalue weighted by Gasteiger charge is 2.39. The molecule has 0 heterocycles. The van der Waals surface area contributed by atoms with Crippen molar-refractivity contribution in [2.75, 3.05) is 32.8 Å². The molecular weight excluding hydrogens is 248 g/mol. The van der Waals surface area contributed by atoms with Crippen LogP contribution in [0.5, 0.6) is 0 Å². The Kier molecular flexibility index (Phi) is 15.7. The fourth-order valence-corrected chi connectivity index (χ4v) is 4.25. The summed E-state index contributed by atoms with van der Waals surface area (Å²) in [6.07, 6.45) is 0.883. The van der Waals surface area contributed by atoms with Gasteiger partial charge in [-0.25, -0.2) is 0 Å². The quantitative estimate of drug-likeness (QED) is 0.517. The minimum Gasteiger partial charge on any atom is -0.400 e. The molecule has 0 aromatic rings. The molecule has 0 bridgehead atoms. The molecule has 1 N–H and O–H groups in total. The van der Waals surface area contributed by atoms with Gasteiger partial charge in [0.05, 0.1) is 0 Å². The minimum atomic E-state index is -2.40. The standard InChI is InChI=1S/C9H21ClO3Si.CH4O/c1-4-11-14(12-5-2,13-6-3)9-7-8-10;1-2/h4-9H2,1-3H3;2H,1H3. The number of aliphatic hydroxyl groups is 1. The first-order chi connectivity index (χ1) is 7.74. The van der Waals surface area contributed by atoms with Crippen LogP contribution in [-0.2, 0) is 13.3 Å². The SMILES string of the molecule is CCO[Si](CCCCl)(OCC)OCC.CO. The first-order valence-corrected chi connectivity index (χ1v) is 8.13. The van der Waals surface area contributed by atoms with Crippen molar-refractivity contribution in [3.8, 4) is 0 Å².